The first kappa shape index (κ1) is 27.5. The topological polar surface area (TPSA) is 146 Å². The van der Waals surface area contributed by atoms with Crippen molar-refractivity contribution in [2.45, 2.75) is 36.9 Å². The summed E-state index contributed by atoms with van der Waals surface area (Å²) in [5, 5.41) is 21.2. The first-order chi connectivity index (χ1) is 17.7. The third-order valence-corrected chi connectivity index (χ3v) is 6.88. The van der Waals surface area contributed by atoms with E-state index in [0.29, 0.717) is 5.56 Å². The van der Waals surface area contributed by atoms with E-state index in [1.54, 1.807) is 36.4 Å². The number of rotatable bonds is 12. The molecule has 0 fully saturated rings. The molecule has 0 spiro atoms. The van der Waals surface area contributed by atoms with E-state index in [2.05, 4.69) is 10.0 Å². The number of benzene rings is 3. The van der Waals surface area contributed by atoms with Crippen LogP contribution in [0.4, 0.5) is 0 Å². The average molecular weight is 522 g/mol. The maximum absolute atomic E-state index is 13.2. The Bertz CT molecular complexity index is 1390. The quantitative estimate of drug-likeness (QED) is 0.332. The number of nitrogens with one attached hydrogen (secondary N) is 2. The number of sulfonamides is 1. The van der Waals surface area contributed by atoms with Crippen molar-refractivity contribution in [1.29, 1.82) is 5.26 Å². The maximum Gasteiger partial charge on any atom is 0.335 e. The van der Waals surface area contributed by atoms with Gasteiger partial charge < -0.3 is 15.2 Å². The molecule has 0 unspecified atom stereocenters. The summed E-state index contributed by atoms with van der Waals surface area (Å²) in [6.07, 6.45) is 0.0700. The lowest BCUT2D eigenvalue weighted by molar-refractivity contribution is -0.123. The Kier molecular flexibility index (Phi) is 9.51. The lowest BCUT2D eigenvalue weighted by atomic mass is 10.0. The zero-order valence-electron chi connectivity index (χ0n) is 20.1. The van der Waals surface area contributed by atoms with E-state index >= 15 is 0 Å². The molecule has 9 nitrogen and oxygen atoms in total. The predicted molar refractivity (Wildman–Crippen MR) is 136 cm³/mol. The summed E-state index contributed by atoms with van der Waals surface area (Å²) in [4.78, 5) is 24.3. The molecule has 3 N–H and O–H groups in total. The van der Waals surface area contributed by atoms with Gasteiger partial charge in [-0.25, -0.2) is 13.2 Å². The largest absolute Gasteiger partial charge is 0.478 e. The summed E-state index contributed by atoms with van der Waals surface area (Å²) in [5.41, 5.74) is 2.41. The lowest BCUT2D eigenvalue weighted by Gasteiger charge is -2.21. The van der Waals surface area contributed by atoms with Gasteiger partial charge in [-0.05, 0) is 48.7 Å². The summed E-state index contributed by atoms with van der Waals surface area (Å²) in [6, 6.07) is 20.9. The van der Waals surface area contributed by atoms with Gasteiger partial charge in [0.1, 0.15) is 12.1 Å². The zero-order chi connectivity index (χ0) is 26.8. The lowest BCUT2D eigenvalue weighted by Crippen LogP contribution is -2.51. The molecule has 192 valence electrons. The molecule has 2 atom stereocenters. The molecular weight excluding hydrogens is 494 g/mol. The van der Waals surface area contributed by atoms with Crippen molar-refractivity contribution in [3.63, 3.8) is 0 Å². The van der Waals surface area contributed by atoms with Crippen LogP contribution in [0.5, 0.6) is 0 Å². The van der Waals surface area contributed by atoms with Crippen molar-refractivity contribution in [3.8, 4) is 6.07 Å². The van der Waals surface area contributed by atoms with Crippen molar-refractivity contribution in [1.82, 2.24) is 10.0 Å². The second-order valence-corrected chi connectivity index (χ2v) is 10.1. The Labute approximate surface area is 215 Å². The predicted octanol–water partition coefficient (Wildman–Crippen LogP) is 2.81. The zero-order valence-corrected chi connectivity index (χ0v) is 20.9. The molecule has 3 aromatic rings. The number of amides is 1. The van der Waals surface area contributed by atoms with Gasteiger partial charge in [-0.3, -0.25) is 4.79 Å². The van der Waals surface area contributed by atoms with Crippen molar-refractivity contribution in [2.24, 2.45) is 0 Å². The van der Waals surface area contributed by atoms with Gasteiger partial charge in [0.15, 0.2) is 0 Å². The number of hydrogen-bond acceptors (Lipinski definition) is 6. The van der Waals surface area contributed by atoms with Gasteiger partial charge in [0, 0.05) is 0 Å². The monoisotopic (exact) mass is 521 g/mol. The Balaban J connectivity index is 1.70. The number of aromatic carboxylic acids is 1. The van der Waals surface area contributed by atoms with Gasteiger partial charge in [-0.15, -0.1) is 0 Å². The van der Waals surface area contributed by atoms with Crippen LogP contribution >= 0.6 is 0 Å². The summed E-state index contributed by atoms with van der Waals surface area (Å²) in [6.45, 7) is 1.74. The van der Waals surface area contributed by atoms with E-state index in [1.165, 1.54) is 24.3 Å². The molecule has 0 saturated heterocycles. The van der Waals surface area contributed by atoms with E-state index in [9.17, 15) is 23.3 Å². The number of carbonyl (C=O) groups excluding carboxylic acids is 1. The van der Waals surface area contributed by atoms with Crippen LogP contribution in [-0.4, -0.2) is 44.1 Å². The molecule has 3 aromatic carbocycles. The summed E-state index contributed by atoms with van der Waals surface area (Å²) < 4.78 is 33.9. The Morgan fingerprint density at radius 1 is 1.00 bits per heavy atom. The number of nitriles is 1. The van der Waals surface area contributed by atoms with Crippen LogP contribution in [-0.2, 0) is 32.6 Å². The first-order valence-corrected chi connectivity index (χ1v) is 12.9. The molecule has 10 heteroatoms. The van der Waals surface area contributed by atoms with Crippen LogP contribution in [0.3, 0.4) is 0 Å². The molecule has 0 aliphatic rings. The number of ether oxygens (including phenoxy) is 1. The van der Waals surface area contributed by atoms with Crippen LogP contribution < -0.4 is 10.0 Å². The molecule has 0 aliphatic carbocycles. The van der Waals surface area contributed by atoms with Crippen LogP contribution in [0, 0.1) is 18.3 Å². The minimum absolute atomic E-state index is 0.0146. The Morgan fingerprint density at radius 3 is 2.38 bits per heavy atom. The number of nitrogens with zero attached hydrogens (tertiary/aromatic N) is 1. The first-order valence-electron chi connectivity index (χ1n) is 11.4. The molecule has 0 radical (unpaired) electrons. The van der Waals surface area contributed by atoms with Crippen molar-refractivity contribution >= 4 is 21.9 Å². The molecule has 3 rings (SSSR count). The summed E-state index contributed by atoms with van der Waals surface area (Å²) in [7, 11) is -4.01. The smallest absolute Gasteiger partial charge is 0.335 e. The fraction of sp³-hybridized carbons (Fsp3) is 0.222. The molecule has 0 saturated carbocycles. The van der Waals surface area contributed by atoms with Crippen LogP contribution in [0.15, 0.2) is 83.8 Å². The number of carbonyl (C=O) groups is 2. The van der Waals surface area contributed by atoms with Crippen LogP contribution in [0.1, 0.15) is 27.0 Å². The molecule has 0 aromatic heterocycles. The number of hydrogen-bond donors (Lipinski definition) is 3. The van der Waals surface area contributed by atoms with Crippen molar-refractivity contribution < 1.29 is 27.9 Å². The standard InChI is InChI=1S/C27H27N3O6S/c1-19-7-5-8-20(13-19)15-25(30-37(34,35)24-11-3-2-4-12-24)26(31)29-23(16-28)18-36-17-21-9-6-10-22(14-21)27(32)33/h2-14,23,25,30H,15,17-18H2,1H3,(H,29,31)(H,32,33)/t23-,25+/m1/s1. The highest BCUT2D eigenvalue weighted by Crippen LogP contribution is 2.13. The fourth-order valence-corrected chi connectivity index (χ4v) is 4.81. The van der Waals surface area contributed by atoms with Gasteiger partial charge in [-0.1, -0.05) is 60.2 Å². The second-order valence-electron chi connectivity index (χ2n) is 8.39. The summed E-state index contributed by atoms with van der Waals surface area (Å²) >= 11 is 0. The summed E-state index contributed by atoms with van der Waals surface area (Å²) in [5.74, 6) is -1.74. The van der Waals surface area contributed by atoms with Crippen LogP contribution in [0.2, 0.25) is 0 Å². The van der Waals surface area contributed by atoms with E-state index in [4.69, 9.17) is 9.84 Å². The molecule has 37 heavy (non-hydrogen) atoms. The van der Waals surface area contributed by atoms with Gasteiger partial charge in [-0.2, -0.15) is 9.98 Å². The van der Waals surface area contributed by atoms with E-state index in [1.807, 2.05) is 31.2 Å². The molecule has 0 heterocycles. The van der Waals surface area contributed by atoms with E-state index in [0.717, 1.165) is 11.1 Å². The normalized spacial score (nSPS) is 12.8. The van der Waals surface area contributed by atoms with Gasteiger partial charge >= 0.3 is 5.97 Å². The van der Waals surface area contributed by atoms with Gasteiger partial charge in [0.25, 0.3) is 0 Å². The second kappa shape index (κ2) is 12.8. The number of carboxylic acids is 1. The average Bonchev–Trinajstić information content (AvgIpc) is 2.88. The molecular formula is C27H27N3O6S. The Hall–Kier alpha value is -4.04. The number of aryl methyl sites for hydroxylation is 1. The fourth-order valence-electron chi connectivity index (χ4n) is 3.59. The molecule has 0 aliphatic heterocycles. The number of carboxylic acid groups (broad SMARTS) is 1. The van der Waals surface area contributed by atoms with Gasteiger partial charge in [0.2, 0.25) is 15.9 Å². The van der Waals surface area contributed by atoms with Crippen molar-refractivity contribution in [2.75, 3.05) is 6.61 Å². The van der Waals surface area contributed by atoms with E-state index < -0.39 is 34.0 Å². The highest BCUT2D eigenvalue weighted by atomic mass is 32.2. The highest BCUT2D eigenvalue weighted by Gasteiger charge is 2.27. The van der Waals surface area contributed by atoms with E-state index in [-0.39, 0.29) is 30.1 Å². The van der Waals surface area contributed by atoms with Gasteiger partial charge in [0.05, 0.1) is 29.7 Å². The molecule has 0 bridgehead atoms. The minimum Gasteiger partial charge on any atom is -0.478 e. The third-order valence-electron chi connectivity index (χ3n) is 5.39. The highest BCUT2D eigenvalue weighted by molar-refractivity contribution is 7.89. The Morgan fingerprint density at radius 2 is 1.70 bits per heavy atom. The third kappa shape index (κ3) is 8.25. The SMILES string of the molecule is Cc1cccc(C[C@H](NS(=O)(=O)c2ccccc2)C(=O)N[C@H](C#N)COCc2cccc(C(=O)O)c2)c1. The molecule has 1 amide bonds. The maximum atomic E-state index is 13.2. The van der Waals surface area contributed by atoms with Crippen LogP contribution in [0.25, 0.3) is 0 Å². The van der Waals surface area contributed by atoms with Crippen molar-refractivity contribution in [3.05, 3.63) is 101 Å². The minimum atomic E-state index is -4.01.